The van der Waals surface area contributed by atoms with Gasteiger partial charge in [-0.1, -0.05) is 0 Å². The van der Waals surface area contributed by atoms with Crippen LogP contribution >= 0.6 is 0 Å². The highest BCUT2D eigenvalue weighted by atomic mass is 16.5. The Morgan fingerprint density at radius 2 is 2.43 bits per heavy atom. The molecule has 1 aliphatic heterocycles. The topological polar surface area (TPSA) is 41.5 Å². The molecule has 1 atom stereocenters. The molecule has 1 heterocycles. The molecule has 0 radical (unpaired) electrons. The minimum absolute atomic E-state index is 0.263. The van der Waals surface area contributed by atoms with E-state index in [2.05, 4.69) is 5.32 Å². The van der Waals surface area contributed by atoms with Crippen LogP contribution in [-0.2, 0) is 6.42 Å². The van der Waals surface area contributed by atoms with E-state index in [0.29, 0.717) is 5.75 Å². The number of nitrogens with one attached hydrogen (secondary N) is 1. The fourth-order valence-electron chi connectivity index (χ4n) is 1.77. The van der Waals surface area contributed by atoms with Crippen molar-refractivity contribution >= 4 is 0 Å². The molecular formula is C11H15NO2. The fraction of sp³-hybridized carbons (Fsp3) is 0.455. The van der Waals surface area contributed by atoms with Crippen LogP contribution in [-0.4, -0.2) is 24.8 Å². The Kier molecular flexibility index (Phi) is 2.59. The maximum Gasteiger partial charge on any atom is 0.123 e. The Bertz CT molecular complexity index is 325. The molecule has 2 N–H and O–H groups in total. The summed E-state index contributed by atoms with van der Waals surface area (Å²) in [4.78, 5) is 0. The van der Waals surface area contributed by atoms with Crippen molar-refractivity contribution in [3.63, 3.8) is 0 Å². The van der Waals surface area contributed by atoms with Crippen LogP contribution in [0.15, 0.2) is 18.2 Å². The van der Waals surface area contributed by atoms with Crippen molar-refractivity contribution in [2.24, 2.45) is 0 Å². The zero-order valence-corrected chi connectivity index (χ0v) is 8.29. The maximum absolute atomic E-state index is 9.29. The summed E-state index contributed by atoms with van der Waals surface area (Å²) in [5.74, 6) is 1.24. The molecule has 1 aliphatic rings. The molecule has 0 saturated carbocycles. The van der Waals surface area contributed by atoms with E-state index < -0.39 is 0 Å². The maximum atomic E-state index is 9.29. The molecule has 0 bridgehead atoms. The molecule has 3 nitrogen and oxygen atoms in total. The summed E-state index contributed by atoms with van der Waals surface area (Å²) >= 11 is 0. The van der Waals surface area contributed by atoms with Crippen molar-refractivity contribution in [3.05, 3.63) is 23.8 Å². The number of aromatic hydroxyl groups is 1. The number of hydrogen-bond acceptors (Lipinski definition) is 3. The van der Waals surface area contributed by atoms with E-state index in [-0.39, 0.29) is 6.10 Å². The molecule has 0 aliphatic carbocycles. The number of phenolic OH excluding ortho intramolecular Hbond substituents is 1. The monoisotopic (exact) mass is 193 g/mol. The molecule has 0 aromatic heterocycles. The van der Waals surface area contributed by atoms with Crippen LogP contribution in [0.2, 0.25) is 0 Å². The first-order valence-corrected chi connectivity index (χ1v) is 4.93. The Morgan fingerprint density at radius 3 is 3.21 bits per heavy atom. The molecule has 0 saturated heterocycles. The third-order valence-electron chi connectivity index (χ3n) is 2.50. The van der Waals surface area contributed by atoms with E-state index in [1.54, 1.807) is 12.1 Å². The molecule has 1 aromatic carbocycles. The average Bonchev–Trinajstić information content (AvgIpc) is 2.56. The number of benzene rings is 1. The second-order valence-electron chi connectivity index (χ2n) is 3.63. The molecule has 0 fully saturated rings. The van der Waals surface area contributed by atoms with Gasteiger partial charge in [-0.3, -0.25) is 0 Å². The van der Waals surface area contributed by atoms with Gasteiger partial charge in [0, 0.05) is 12.0 Å². The SMILES string of the molecule is CNCCC1Cc2cc(O)ccc2O1. The Labute approximate surface area is 83.7 Å². The minimum atomic E-state index is 0.263. The smallest absolute Gasteiger partial charge is 0.123 e. The summed E-state index contributed by atoms with van der Waals surface area (Å²) in [6, 6.07) is 5.29. The van der Waals surface area contributed by atoms with Gasteiger partial charge in [-0.05, 0) is 38.2 Å². The van der Waals surface area contributed by atoms with E-state index >= 15 is 0 Å². The molecule has 0 spiro atoms. The zero-order valence-electron chi connectivity index (χ0n) is 8.29. The van der Waals surface area contributed by atoms with Crippen molar-refractivity contribution in [1.82, 2.24) is 5.32 Å². The number of fused-ring (bicyclic) bond motifs is 1. The minimum Gasteiger partial charge on any atom is -0.508 e. The summed E-state index contributed by atoms with van der Waals surface area (Å²) in [7, 11) is 1.94. The first-order chi connectivity index (χ1) is 6.79. The van der Waals surface area contributed by atoms with Gasteiger partial charge in [0.2, 0.25) is 0 Å². The van der Waals surface area contributed by atoms with Crippen molar-refractivity contribution < 1.29 is 9.84 Å². The summed E-state index contributed by atoms with van der Waals surface area (Å²) in [5.41, 5.74) is 1.12. The average molecular weight is 193 g/mol. The zero-order chi connectivity index (χ0) is 9.97. The molecule has 3 heteroatoms. The molecule has 1 aromatic rings. The predicted octanol–water partition coefficient (Wildman–Crippen LogP) is 1.31. The van der Waals surface area contributed by atoms with Gasteiger partial charge in [-0.15, -0.1) is 0 Å². The lowest BCUT2D eigenvalue weighted by atomic mass is 10.1. The second-order valence-corrected chi connectivity index (χ2v) is 3.63. The first kappa shape index (κ1) is 9.34. The summed E-state index contributed by atoms with van der Waals surface area (Å²) in [6.07, 6.45) is 2.18. The van der Waals surface area contributed by atoms with Gasteiger partial charge < -0.3 is 15.2 Å². The van der Waals surface area contributed by atoms with Crippen LogP contribution in [0.25, 0.3) is 0 Å². The third kappa shape index (κ3) is 1.82. The van der Waals surface area contributed by atoms with E-state index in [4.69, 9.17) is 4.74 Å². The van der Waals surface area contributed by atoms with E-state index in [1.807, 2.05) is 13.1 Å². The fourth-order valence-corrected chi connectivity index (χ4v) is 1.77. The van der Waals surface area contributed by atoms with Gasteiger partial charge in [0.1, 0.15) is 17.6 Å². The molecule has 76 valence electrons. The Balaban J connectivity index is 2.03. The normalized spacial score (nSPS) is 19.1. The number of ether oxygens (including phenoxy) is 1. The van der Waals surface area contributed by atoms with Crippen LogP contribution < -0.4 is 10.1 Å². The lowest BCUT2D eigenvalue weighted by molar-refractivity contribution is 0.221. The van der Waals surface area contributed by atoms with Crippen molar-refractivity contribution in [3.8, 4) is 11.5 Å². The van der Waals surface area contributed by atoms with Gasteiger partial charge in [-0.2, -0.15) is 0 Å². The quantitative estimate of drug-likeness (QED) is 0.760. The van der Waals surface area contributed by atoms with Crippen molar-refractivity contribution in [2.75, 3.05) is 13.6 Å². The highest BCUT2D eigenvalue weighted by Crippen LogP contribution is 2.32. The van der Waals surface area contributed by atoms with Gasteiger partial charge >= 0.3 is 0 Å². The number of hydrogen-bond donors (Lipinski definition) is 2. The van der Waals surface area contributed by atoms with Crippen LogP contribution in [0.1, 0.15) is 12.0 Å². The van der Waals surface area contributed by atoms with Crippen molar-refractivity contribution in [1.29, 1.82) is 0 Å². The van der Waals surface area contributed by atoms with Gasteiger partial charge in [0.05, 0.1) is 0 Å². The summed E-state index contributed by atoms with van der Waals surface area (Å²) in [5, 5.41) is 12.4. The molecule has 1 unspecified atom stereocenters. The first-order valence-electron chi connectivity index (χ1n) is 4.93. The van der Waals surface area contributed by atoms with Crippen LogP contribution in [0, 0.1) is 0 Å². The largest absolute Gasteiger partial charge is 0.508 e. The molecular weight excluding hydrogens is 178 g/mol. The standard InChI is InChI=1S/C11H15NO2/c1-12-5-4-10-7-8-6-9(13)2-3-11(8)14-10/h2-3,6,10,12-13H,4-5,7H2,1H3. The van der Waals surface area contributed by atoms with Gasteiger partial charge in [0.25, 0.3) is 0 Å². The van der Waals surface area contributed by atoms with E-state index in [1.165, 1.54) is 0 Å². The van der Waals surface area contributed by atoms with E-state index in [0.717, 1.165) is 30.7 Å². The number of rotatable bonds is 3. The molecule has 14 heavy (non-hydrogen) atoms. The Morgan fingerprint density at radius 1 is 1.57 bits per heavy atom. The van der Waals surface area contributed by atoms with Crippen LogP contribution in [0.3, 0.4) is 0 Å². The van der Waals surface area contributed by atoms with Crippen LogP contribution in [0.4, 0.5) is 0 Å². The summed E-state index contributed by atoms with van der Waals surface area (Å²) in [6.45, 7) is 0.963. The highest BCUT2D eigenvalue weighted by Gasteiger charge is 2.22. The Hall–Kier alpha value is -1.22. The third-order valence-corrected chi connectivity index (χ3v) is 2.50. The van der Waals surface area contributed by atoms with Gasteiger partial charge in [-0.25, -0.2) is 0 Å². The van der Waals surface area contributed by atoms with E-state index in [9.17, 15) is 5.11 Å². The van der Waals surface area contributed by atoms with Gasteiger partial charge in [0.15, 0.2) is 0 Å². The van der Waals surface area contributed by atoms with Crippen molar-refractivity contribution in [2.45, 2.75) is 18.9 Å². The lowest BCUT2D eigenvalue weighted by Gasteiger charge is -2.09. The predicted molar refractivity (Wildman–Crippen MR) is 54.8 cm³/mol. The second kappa shape index (κ2) is 3.88. The van der Waals surface area contributed by atoms with Crippen LogP contribution in [0.5, 0.6) is 11.5 Å². The molecule has 0 amide bonds. The highest BCUT2D eigenvalue weighted by molar-refractivity contribution is 5.42. The summed E-state index contributed by atoms with van der Waals surface area (Å²) < 4.78 is 5.71. The number of phenols is 1. The lowest BCUT2D eigenvalue weighted by Crippen LogP contribution is -2.20. The molecule has 2 rings (SSSR count).